The molecule has 2 saturated carbocycles. The van der Waals surface area contributed by atoms with Crippen LogP contribution >= 0.6 is 0 Å². The molecule has 0 spiro atoms. The van der Waals surface area contributed by atoms with Crippen molar-refractivity contribution >= 4 is 29.4 Å². The SMILES string of the molecule is O=C(CCCCCCC(=O)OC1C(=O)CCC1=O)CCCCC1CCC2NC(=O)NC12. The van der Waals surface area contributed by atoms with Gasteiger partial charge in [0.1, 0.15) is 5.78 Å². The van der Waals surface area contributed by atoms with Crippen molar-refractivity contribution in [3.8, 4) is 0 Å². The van der Waals surface area contributed by atoms with Crippen LogP contribution in [0.3, 0.4) is 0 Å². The second-order valence-corrected chi connectivity index (χ2v) is 9.09. The van der Waals surface area contributed by atoms with Crippen LogP contribution in [0.2, 0.25) is 0 Å². The number of hydrogen-bond donors (Lipinski definition) is 2. The van der Waals surface area contributed by atoms with Gasteiger partial charge in [0, 0.05) is 32.1 Å². The highest BCUT2D eigenvalue weighted by Gasteiger charge is 2.41. The summed E-state index contributed by atoms with van der Waals surface area (Å²) < 4.78 is 4.98. The number of unbranched alkanes of at least 4 members (excludes halogenated alkanes) is 4. The maximum Gasteiger partial charge on any atom is 0.315 e. The van der Waals surface area contributed by atoms with E-state index in [4.69, 9.17) is 4.74 Å². The van der Waals surface area contributed by atoms with E-state index in [2.05, 4.69) is 10.6 Å². The molecule has 3 rings (SSSR count). The standard InChI is InChI=1S/C23H34N2O6/c26-16(9-6-5-7-15-11-12-17-21(15)25-23(30)24-17)8-3-1-2-4-10-20(29)31-22-18(27)13-14-19(22)28/h15,17,21-22H,1-14H2,(H2,24,25,30). The predicted molar refractivity (Wildman–Crippen MR) is 112 cm³/mol. The maximum atomic E-state index is 12.1. The summed E-state index contributed by atoms with van der Waals surface area (Å²) in [7, 11) is 0. The number of carbonyl (C=O) groups is 5. The van der Waals surface area contributed by atoms with Gasteiger partial charge in [-0.15, -0.1) is 0 Å². The van der Waals surface area contributed by atoms with Crippen molar-refractivity contribution in [3.05, 3.63) is 0 Å². The van der Waals surface area contributed by atoms with Gasteiger partial charge in [-0.1, -0.05) is 19.3 Å². The van der Waals surface area contributed by atoms with Crippen LogP contribution < -0.4 is 10.6 Å². The lowest BCUT2D eigenvalue weighted by molar-refractivity contribution is -0.157. The number of hydrogen-bond acceptors (Lipinski definition) is 6. The minimum absolute atomic E-state index is 0.0502. The molecule has 2 aliphatic carbocycles. The van der Waals surface area contributed by atoms with E-state index in [1.54, 1.807) is 0 Å². The molecule has 1 heterocycles. The van der Waals surface area contributed by atoms with Crippen molar-refractivity contribution < 1.29 is 28.7 Å². The zero-order valence-electron chi connectivity index (χ0n) is 18.2. The van der Waals surface area contributed by atoms with Gasteiger partial charge in [0.15, 0.2) is 11.6 Å². The Morgan fingerprint density at radius 2 is 1.45 bits per heavy atom. The molecule has 0 bridgehead atoms. The Labute approximate surface area is 183 Å². The number of esters is 1. The Morgan fingerprint density at radius 3 is 2.16 bits per heavy atom. The molecule has 0 aromatic rings. The van der Waals surface area contributed by atoms with Crippen molar-refractivity contribution in [2.45, 2.75) is 108 Å². The molecule has 2 N–H and O–H groups in total. The van der Waals surface area contributed by atoms with Gasteiger partial charge in [-0.25, -0.2) is 4.79 Å². The summed E-state index contributed by atoms with van der Waals surface area (Å²) in [4.78, 5) is 58.1. The molecule has 172 valence electrons. The van der Waals surface area contributed by atoms with E-state index in [-0.39, 0.29) is 54.7 Å². The summed E-state index contributed by atoms with van der Waals surface area (Å²) in [6.07, 6.45) is 8.85. The summed E-state index contributed by atoms with van der Waals surface area (Å²) in [5.41, 5.74) is 0. The third-order valence-electron chi connectivity index (χ3n) is 6.72. The lowest BCUT2D eigenvalue weighted by atomic mass is 9.95. The molecule has 31 heavy (non-hydrogen) atoms. The molecule has 1 saturated heterocycles. The first kappa shape index (κ1) is 23.4. The molecular formula is C23H34N2O6. The first-order chi connectivity index (χ1) is 14.9. The van der Waals surface area contributed by atoms with E-state index in [0.29, 0.717) is 25.2 Å². The van der Waals surface area contributed by atoms with Crippen LogP contribution in [-0.2, 0) is 23.9 Å². The van der Waals surface area contributed by atoms with Gasteiger partial charge >= 0.3 is 12.0 Å². The van der Waals surface area contributed by atoms with Crippen LogP contribution in [-0.4, -0.2) is 47.5 Å². The highest BCUT2D eigenvalue weighted by molar-refractivity contribution is 6.12. The zero-order chi connectivity index (χ0) is 22.2. The van der Waals surface area contributed by atoms with Crippen LogP contribution in [0, 0.1) is 5.92 Å². The molecule has 0 aromatic carbocycles. The molecule has 8 heteroatoms. The Hall–Kier alpha value is -2.25. The van der Waals surface area contributed by atoms with Crippen LogP contribution in [0.5, 0.6) is 0 Å². The second kappa shape index (κ2) is 11.4. The number of amides is 2. The highest BCUT2D eigenvalue weighted by Crippen LogP contribution is 2.32. The van der Waals surface area contributed by atoms with Gasteiger partial charge in [0.05, 0.1) is 12.1 Å². The van der Waals surface area contributed by atoms with E-state index >= 15 is 0 Å². The summed E-state index contributed by atoms with van der Waals surface area (Å²) >= 11 is 0. The van der Waals surface area contributed by atoms with E-state index in [1.165, 1.54) is 0 Å². The zero-order valence-corrected chi connectivity index (χ0v) is 18.2. The largest absolute Gasteiger partial charge is 0.446 e. The van der Waals surface area contributed by atoms with Crippen LogP contribution in [0.1, 0.15) is 89.9 Å². The van der Waals surface area contributed by atoms with Crippen LogP contribution in [0.4, 0.5) is 4.79 Å². The normalized spacial score (nSPS) is 25.4. The van der Waals surface area contributed by atoms with Gasteiger partial charge in [-0.2, -0.15) is 0 Å². The molecule has 0 radical (unpaired) electrons. The maximum absolute atomic E-state index is 12.1. The Balaban J connectivity index is 1.15. The molecule has 3 atom stereocenters. The lowest BCUT2D eigenvalue weighted by Crippen LogP contribution is -2.33. The number of rotatable bonds is 13. The molecule has 3 fully saturated rings. The molecular weight excluding hydrogens is 400 g/mol. The fraction of sp³-hybridized carbons (Fsp3) is 0.783. The fourth-order valence-electron chi connectivity index (χ4n) is 4.96. The first-order valence-electron chi connectivity index (χ1n) is 11.8. The van der Waals surface area contributed by atoms with Crippen molar-refractivity contribution in [2.24, 2.45) is 5.92 Å². The average Bonchev–Trinajstić information content (AvgIpc) is 3.38. The summed E-state index contributed by atoms with van der Waals surface area (Å²) in [5.74, 6) is -0.280. The van der Waals surface area contributed by atoms with Crippen LogP contribution in [0.15, 0.2) is 0 Å². The highest BCUT2D eigenvalue weighted by atomic mass is 16.5. The topological polar surface area (TPSA) is 119 Å². The summed E-state index contributed by atoms with van der Waals surface area (Å²) in [6, 6.07) is 0.499. The van der Waals surface area contributed by atoms with E-state index in [9.17, 15) is 24.0 Å². The summed E-state index contributed by atoms with van der Waals surface area (Å²) in [6.45, 7) is 0. The number of carbonyl (C=O) groups excluding carboxylic acids is 5. The second-order valence-electron chi connectivity index (χ2n) is 9.09. The first-order valence-corrected chi connectivity index (χ1v) is 11.8. The predicted octanol–water partition coefficient (Wildman–Crippen LogP) is 2.76. The monoisotopic (exact) mass is 434 g/mol. The Morgan fingerprint density at radius 1 is 0.806 bits per heavy atom. The van der Waals surface area contributed by atoms with E-state index in [1.807, 2.05) is 0 Å². The molecule has 8 nitrogen and oxygen atoms in total. The Bertz CT molecular complexity index is 690. The fourth-order valence-corrected chi connectivity index (χ4v) is 4.96. The smallest absolute Gasteiger partial charge is 0.315 e. The van der Waals surface area contributed by atoms with Crippen LogP contribution in [0.25, 0.3) is 0 Å². The van der Waals surface area contributed by atoms with E-state index < -0.39 is 12.1 Å². The number of nitrogens with one attached hydrogen (secondary N) is 2. The third kappa shape index (κ3) is 6.87. The number of urea groups is 1. The van der Waals surface area contributed by atoms with Gasteiger partial charge < -0.3 is 15.4 Å². The number of fused-ring (bicyclic) bond motifs is 1. The minimum Gasteiger partial charge on any atom is -0.446 e. The quantitative estimate of drug-likeness (QED) is 0.261. The molecule has 3 unspecified atom stereocenters. The molecule has 2 amide bonds. The van der Waals surface area contributed by atoms with Crippen molar-refractivity contribution in [3.63, 3.8) is 0 Å². The van der Waals surface area contributed by atoms with Crippen molar-refractivity contribution in [1.82, 2.24) is 10.6 Å². The van der Waals surface area contributed by atoms with Crippen molar-refractivity contribution in [1.29, 1.82) is 0 Å². The Kier molecular flexibility index (Phi) is 8.60. The average molecular weight is 435 g/mol. The van der Waals surface area contributed by atoms with Gasteiger partial charge in [0.2, 0.25) is 6.10 Å². The third-order valence-corrected chi connectivity index (χ3v) is 6.72. The molecule has 1 aliphatic heterocycles. The van der Waals surface area contributed by atoms with Gasteiger partial charge in [0.25, 0.3) is 0 Å². The summed E-state index contributed by atoms with van der Waals surface area (Å²) in [5, 5.41) is 5.97. The number of Topliss-reactive ketones (excluding diaryl/α,β-unsaturated/α-hetero) is 3. The molecule has 3 aliphatic rings. The van der Waals surface area contributed by atoms with Gasteiger partial charge in [-0.3, -0.25) is 19.2 Å². The number of ketones is 3. The lowest BCUT2D eigenvalue weighted by Gasteiger charge is -2.17. The minimum atomic E-state index is -1.17. The van der Waals surface area contributed by atoms with Crippen molar-refractivity contribution in [2.75, 3.05) is 0 Å². The molecule has 0 aromatic heterocycles. The number of ether oxygens (including phenoxy) is 1. The van der Waals surface area contributed by atoms with E-state index in [0.717, 1.165) is 51.4 Å². The van der Waals surface area contributed by atoms with Gasteiger partial charge in [-0.05, 0) is 44.4 Å².